The Kier molecular flexibility index (Phi) is 6.37. The number of hydrogen-bond acceptors (Lipinski definition) is 1. The molecule has 0 aliphatic heterocycles. The maximum atomic E-state index is 6.34. The van der Waals surface area contributed by atoms with Gasteiger partial charge in [-0.15, -0.1) is 0 Å². The predicted octanol–water partition coefficient (Wildman–Crippen LogP) is 5.87. The van der Waals surface area contributed by atoms with Crippen LogP contribution in [0.5, 0.6) is 0 Å². The fourth-order valence-electron chi connectivity index (χ4n) is 2.85. The lowest BCUT2D eigenvalue weighted by atomic mass is 9.85. The van der Waals surface area contributed by atoms with Crippen molar-refractivity contribution < 1.29 is 4.74 Å². The number of benzene rings is 1. The lowest BCUT2D eigenvalue weighted by Crippen LogP contribution is -2.25. The fraction of sp³-hybridized carbons (Fsp3) is 0.625. The summed E-state index contributed by atoms with van der Waals surface area (Å²) >= 11 is 7.07. The molecule has 0 aromatic heterocycles. The largest absolute Gasteiger partial charge is 0.369 e. The maximum absolute atomic E-state index is 6.34. The van der Waals surface area contributed by atoms with Gasteiger partial charge in [-0.2, -0.15) is 0 Å². The van der Waals surface area contributed by atoms with Gasteiger partial charge in [0.1, 0.15) is 0 Å². The fourth-order valence-corrected chi connectivity index (χ4v) is 3.64. The number of halogens is 2. The van der Waals surface area contributed by atoms with E-state index >= 15 is 0 Å². The Morgan fingerprint density at radius 1 is 1.26 bits per heavy atom. The van der Waals surface area contributed by atoms with Gasteiger partial charge in [-0.25, -0.2) is 0 Å². The Morgan fingerprint density at radius 3 is 2.63 bits per heavy atom. The summed E-state index contributed by atoms with van der Waals surface area (Å²) in [6.07, 6.45) is 7.05. The SMILES string of the molecule is CCC1CCCC(OC(CBr)c2ccc(Br)cc2)C1. The zero-order valence-corrected chi connectivity index (χ0v) is 14.6. The van der Waals surface area contributed by atoms with Crippen molar-refractivity contribution >= 4 is 31.9 Å². The molecule has 0 amide bonds. The molecule has 1 aliphatic carbocycles. The first-order valence-corrected chi connectivity index (χ1v) is 9.11. The van der Waals surface area contributed by atoms with Crippen LogP contribution in [0.25, 0.3) is 0 Å². The van der Waals surface area contributed by atoms with Crippen molar-refractivity contribution in [2.24, 2.45) is 5.92 Å². The number of hydrogen-bond donors (Lipinski definition) is 0. The first-order chi connectivity index (χ1) is 9.22. The highest BCUT2D eigenvalue weighted by molar-refractivity contribution is 9.10. The number of rotatable bonds is 5. The normalized spacial score (nSPS) is 25.2. The van der Waals surface area contributed by atoms with E-state index in [1.54, 1.807) is 0 Å². The lowest BCUT2D eigenvalue weighted by molar-refractivity contribution is -0.0312. The van der Waals surface area contributed by atoms with Gasteiger partial charge in [0.15, 0.2) is 0 Å². The van der Waals surface area contributed by atoms with Gasteiger partial charge in [0, 0.05) is 9.80 Å². The summed E-state index contributed by atoms with van der Waals surface area (Å²) in [6, 6.07) is 8.47. The summed E-state index contributed by atoms with van der Waals surface area (Å²) in [5, 5.41) is 0.863. The molecular weight excluding hydrogens is 368 g/mol. The molecule has 1 aromatic rings. The van der Waals surface area contributed by atoms with Gasteiger partial charge in [-0.3, -0.25) is 0 Å². The van der Waals surface area contributed by atoms with Gasteiger partial charge in [-0.05, 0) is 36.5 Å². The number of alkyl halides is 1. The lowest BCUT2D eigenvalue weighted by Gasteiger charge is -2.31. The van der Waals surface area contributed by atoms with Gasteiger partial charge >= 0.3 is 0 Å². The van der Waals surface area contributed by atoms with E-state index in [1.807, 2.05) is 0 Å². The topological polar surface area (TPSA) is 9.23 Å². The molecule has 0 spiro atoms. The van der Waals surface area contributed by atoms with Crippen LogP contribution >= 0.6 is 31.9 Å². The Hall–Kier alpha value is 0.140. The quantitative estimate of drug-likeness (QED) is 0.572. The summed E-state index contributed by atoms with van der Waals surface area (Å²) in [6.45, 7) is 2.30. The second-order valence-corrected chi connectivity index (χ2v) is 6.96. The molecule has 1 nitrogen and oxygen atoms in total. The van der Waals surface area contributed by atoms with Crippen molar-refractivity contribution in [3.05, 3.63) is 34.3 Å². The van der Waals surface area contributed by atoms with E-state index in [2.05, 4.69) is 63.0 Å². The van der Waals surface area contributed by atoms with E-state index in [0.29, 0.717) is 6.10 Å². The maximum Gasteiger partial charge on any atom is 0.0925 e. The van der Waals surface area contributed by atoms with Crippen molar-refractivity contribution in [2.75, 3.05) is 5.33 Å². The molecule has 0 bridgehead atoms. The zero-order chi connectivity index (χ0) is 13.7. The van der Waals surface area contributed by atoms with Gasteiger partial charge in [-0.1, -0.05) is 70.2 Å². The molecule has 0 saturated heterocycles. The summed E-state index contributed by atoms with van der Waals surface area (Å²) in [5.41, 5.74) is 1.26. The highest BCUT2D eigenvalue weighted by atomic mass is 79.9. The van der Waals surface area contributed by atoms with Crippen molar-refractivity contribution in [2.45, 2.75) is 51.2 Å². The van der Waals surface area contributed by atoms with Crippen LogP contribution in [0.2, 0.25) is 0 Å². The molecule has 3 heteroatoms. The van der Waals surface area contributed by atoms with Crippen LogP contribution in [0.15, 0.2) is 28.7 Å². The van der Waals surface area contributed by atoms with Crippen LogP contribution in [0.1, 0.15) is 50.7 Å². The van der Waals surface area contributed by atoms with E-state index in [9.17, 15) is 0 Å². The molecule has 106 valence electrons. The van der Waals surface area contributed by atoms with Crippen LogP contribution < -0.4 is 0 Å². The van der Waals surface area contributed by atoms with Crippen LogP contribution in [-0.4, -0.2) is 11.4 Å². The van der Waals surface area contributed by atoms with E-state index < -0.39 is 0 Å². The van der Waals surface area contributed by atoms with Crippen molar-refractivity contribution in [1.82, 2.24) is 0 Å². The second-order valence-electron chi connectivity index (χ2n) is 5.39. The standard InChI is InChI=1S/C16H22Br2O/c1-2-12-4-3-5-15(10-12)19-16(11-17)13-6-8-14(18)9-7-13/h6-9,12,15-16H,2-5,10-11H2,1H3. The molecule has 1 saturated carbocycles. The van der Waals surface area contributed by atoms with Gasteiger partial charge in [0.05, 0.1) is 12.2 Å². The minimum atomic E-state index is 0.175. The van der Waals surface area contributed by atoms with E-state index in [4.69, 9.17) is 4.74 Å². The Balaban J connectivity index is 1.96. The molecule has 3 unspecified atom stereocenters. The second kappa shape index (κ2) is 7.80. The Bertz CT molecular complexity index is 377. The van der Waals surface area contributed by atoms with Crippen LogP contribution in [-0.2, 0) is 4.74 Å². The van der Waals surface area contributed by atoms with E-state index in [0.717, 1.165) is 15.7 Å². The number of ether oxygens (including phenoxy) is 1. The predicted molar refractivity (Wildman–Crippen MR) is 87.8 cm³/mol. The highest BCUT2D eigenvalue weighted by Crippen LogP contribution is 2.32. The van der Waals surface area contributed by atoms with Crippen molar-refractivity contribution in [3.63, 3.8) is 0 Å². The van der Waals surface area contributed by atoms with Crippen molar-refractivity contribution in [1.29, 1.82) is 0 Å². The Morgan fingerprint density at radius 2 is 2.00 bits per heavy atom. The van der Waals surface area contributed by atoms with Crippen LogP contribution in [0.3, 0.4) is 0 Å². The first-order valence-electron chi connectivity index (χ1n) is 7.19. The molecule has 0 N–H and O–H groups in total. The van der Waals surface area contributed by atoms with Gasteiger partial charge in [0.25, 0.3) is 0 Å². The first kappa shape index (κ1) is 15.5. The molecule has 1 aliphatic rings. The van der Waals surface area contributed by atoms with E-state index in [-0.39, 0.29) is 6.10 Å². The minimum Gasteiger partial charge on any atom is -0.369 e. The van der Waals surface area contributed by atoms with Gasteiger partial charge in [0.2, 0.25) is 0 Å². The molecule has 19 heavy (non-hydrogen) atoms. The molecule has 2 rings (SSSR count). The van der Waals surface area contributed by atoms with Crippen LogP contribution in [0.4, 0.5) is 0 Å². The average molecular weight is 390 g/mol. The molecule has 3 atom stereocenters. The molecule has 1 aromatic carbocycles. The monoisotopic (exact) mass is 388 g/mol. The smallest absolute Gasteiger partial charge is 0.0925 e. The Labute approximate surface area is 133 Å². The van der Waals surface area contributed by atoms with Crippen molar-refractivity contribution in [3.8, 4) is 0 Å². The van der Waals surface area contributed by atoms with E-state index in [1.165, 1.54) is 37.7 Å². The zero-order valence-electron chi connectivity index (χ0n) is 11.4. The summed E-state index contributed by atoms with van der Waals surface area (Å²) in [4.78, 5) is 0. The summed E-state index contributed by atoms with van der Waals surface area (Å²) in [5.74, 6) is 0.861. The third-order valence-corrected chi connectivity index (χ3v) is 5.17. The average Bonchev–Trinajstić information content (AvgIpc) is 2.46. The summed E-state index contributed by atoms with van der Waals surface area (Å²) in [7, 11) is 0. The third kappa shape index (κ3) is 4.57. The molecule has 1 fully saturated rings. The molecule has 0 radical (unpaired) electrons. The summed E-state index contributed by atoms with van der Waals surface area (Å²) < 4.78 is 7.46. The minimum absolute atomic E-state index is 0.175. The molecular formula is C16H22Br2O. The highest BCUT2D eigenvalue weighted by Gasteiger charge is 2.24. The van der Waals surface area contributed by atoms with Gasteiger partial charge < -0.3 is 4.74 Å². The third-order valence-electron chi connectivity index (χ3n) is 4.05. The van der Waals surface area contributed by atoms with Crippen LogP contribution in [0, 0.1) is 5.92 Å². The molecule has 0 heterocycles.